The molecule has 0 saturated heterocycles. The van der Waals surface area contributed by atoms with Crippen molar-refractivity contribution in [3.05, 3.63) is 35.8 Å². The minimum atomic E-state index is -0.878. The lowest BCUT2D eigenvalue weighted by Gasteiger charge is -2.03. The molecule has 2 rings (SSSR count). The fourth-order valence-electron chi connectivity index (χ4n) is 1.50. The Labute approximate surface area is 86.6 Å². The normalized spacial score (nSPS) is 10.5. The molecule has 0 fully saturated rings. The van der Waals surface area contributed by atoms with Gasteiger partial charge in [0.2, 0.25) is 0 Å². The first-order valence-corrected chi connectivity index (χ1v) is 4.59. The Balaban J connectivity index is 2.63. The number of carboxylic acid groups (broad SMARTS) is 1. The summed E-state index contributed by atoms with van der Waals surface area (Å²) in [6.45, 7) is 1.92. The predicted octanol–water partition coefficient (Wildman–Crippen LogP) is 1.57. The fraction of sp³-hybridized carbons (Fsp3) is 0.182. The maximum absolute atomic E-state index is 10.6. The summed E-state index contributed by atoms with van der Waals surface area (Å²) in [6.07, 6.45) is 3.28. The van der Waals surface area contributed by atoms with Gasteiger partial charge in [0.25, 0.3) is 0 Å². The molecule has 0 aliphatic rings. The topological polar surface area (TPSA) is 63.1 Å². The molecule has 0 saturated carbocycles. The second kappa shape index (κ2) is 3.65. The molecule has 2 aromatic rings. The van der Waals surface area contributed by atoms with Crippen LogP contribution < -0.4 is 0 Å². The lowest BCUT2D eigenvalue weighted by Crippen LogP contribution is -2.03. The highest BCUT2D eigenvalue weighted by molar-refractivity contribution is 5.84. The zero-order valence-electron chi connectivity index (χ0n) is 8.27. The SMILES string of the molecule is Cc1cnc2ccnc(CC(=O)O)c2c1. The van der Waals surface area contributed by atoms with Crippen molar-refractivity contribution in [1.29, 1.82) is 0 Å². The third-order valence-corrected chi connectivity index (χ3v) is 2.15. The zero-order valence-corrected chi connectivity index (χ0v) is 8.27. The molecule has 4 heteroatoms. The van der Waals surface area contributed by atoms with E-state index in [1.54, 1.807) is 18.5 Å². The van der Waals surface area contributed by atoms with Crippen LogP contribution in [0.4, 0.5) is 0 Å². The summed E-state index contributed by atoms with van der Waals surface area (Å²) in [6, 6.07) is 3.69. The Hall–Kier alpha value is -1.97. The summed E-state index contributed by atoms with van der Waals surface area (Å²) in [4.78, 5) is 18.9. The predicted molar refractivity (Wildman–Crippen MR) is 55.6 cm³/mol. The van der Waals surface area contributed by atoms with Crippen molar-refractivity contribution in [3.8, 4) is 0 Å². The Morgan fingerprint density at radius 1 is 1.47 bits per heavy atom. The first-order chi connectivity index (χ1) is 7.16. The van der Waals surface area contributed by atoms with Crippen LogP contribution in [-0.2, 0) is 11.2 Å². The molecule has 2 heterocycles. The van der Waals surface area contributed by atoms with E-state index in [-0.39, 0.29) is 6.42 Å². The van der Waals surface area contributed by atoms with Crippen LogP contribution in [0.25, 0.3) is 10.9 Å². The van der Waals surface area contributed by atoms with Crippen molar-refractivity contribution in [1.82, 2.24) is 9.97 Å². The average molecular weight is 202 g/mol. The Bertz CT molecular complexity index is 523. The number of aromatic nitrogens is 2. The van der Waals surface area contributed by atoms with Gasteiger partial charge < -0.3 is 5.11 Å². The minimum absolute atomic E-state index is 0.0670. The van der Waals surface area contributed by atoms with E-state index in [0.29, 0.717) is 5.69 Å². The molecule has 0 amide bonds. The Morgan fingerprint density at radius 2 is 2.27 bits per heavy atom. The number of fused-ring (bicyclic) bond motifs is 1. The molecule has 0 aromatic carbocycles. The Morgan fingerprint density at radius 3 is 3.00 bits per heavy atom. The number of aryl methyl sites for hydroxylation is 1. The van der Waals surface area contributed by atoms with Crippen LogP contribution in [0.15, 0.2) is 24.5 Å². The number of pyridine rings is 2. The fourth-order valence-corrected chi connectivity index (χ4v) is 1.50. The van der Waals surface area contributed by atoms with Gasteiger partial charge in [0.1, 0.15) is 0 Å². The van der Waals surface area contributed by atoms with Gasteiger partial charge in [0.15, 0.2) is 0 Å². The van der Waals surface area contributed by atoms with Gasteiger partial charge >= 0.3 is 5.97 Å². The van der Waals surface area contributed by atoms with E-state index in [0.717, 1.165) is 16.5 Å². The van der Waals surface area contributed by atoms with Crippen molar-refractivity contribution in [2.24, 2.45) is 0 Å². The molecule has 4 nitrogen and oxygen atoms in total. The smallest absolute Gasteiger partial charge is 0.309 e. The van der Waals surface area contributed by atoms with Gasteiger partial charge in [-0.05, 0) is 24.6 Å². The summed E-state index contributed by atoms with van der Waals surface area (Å²) in [5, 5.41) is 9.55. The number of hydrogen-bond donors (Lipinski definition) is 1. The molecule has 2 aromatic heterocycles. The first-order valence-electron chi connectivity index (χ1n) is 4.59. The lowest BCUT2D eigenvalue weighted by atomic mass is 10.1. The van der Waals surface area contributed by atoms with Gasteiger partial charge in [-0.2, -0.15) is 0 Å². The molecule has 1 N–H and O–H groups in total. The molecule has 0 atom stereocenters. The van der Waals surface area contributed by atoms with Gasteiger partial charge in [-0.15, -0.1) is 0 Å². The van der Waals surface area contributed by atoms with Gasteiger partial charge in [0.05, 0.1) is 17.6 Å². The van der Waals surface area contributed by atoms with Crippen LogP contribution in [0, 0.1) is 6.92 Å². The van der Waals surface area contributed by atoms with Crippen LogP contribution in [0.5, 0.6) is 0 Å². The quantitative estimate of drug-likeness (QED) is 0.802. The highest BCUT2D eigenvalue weighted by Gasteiger charge is 2.07. The summed E-state index contributed by atoms with van der Waals surface area (Å²) in [5.74, 6) is -0.878. The third kappa shape index (κ3) is 1.93. The molecule has 0 bridgehead atoms. The average Bonchev–Trinajstić information content (AvgIpc) is 2.18. The van der Waals surface area contributed by atoms with Gasteiger partial charge in [0, 0.05) is 17.8 Å². The minimum Gasteiger partial charge on any atom is -0.481 e. The number of rotatable bonds is 2. The summed E-state index contributed by atoms with van der Waals surface area (Å²) >= 11 is 0. The molecule has 0 aliphatic heterocycles. The summed E-state index contributed by atoms with van der Waals surface area (Å²) in [5.41, 5.74) is 2.35. The highest BCUT2D eigenvalue weighted by atomic mass is 16.4. The van der Waals surface area contributed by atoms with Crippen molar-refractivity contribution in [2.45, 2.75) is 13.3 Å². The second-order valence-corrected chi connectivity index (χ2v) is 3.41. The van der Waals surface area contributed by atoms with Gasteiger partial charge in [-0.25, -0.2) is 0 Å². The molecule has 76 valence electrons. The van der Waals surface area contributed by atoms with Gasteiger partial charge in [-0.3, -0.25) is 14.8 Å². The van der Waals surface area contributed by atoms with Crippen molar-refractivity contribution < 1.29 is 9.90 Å². The van der Waals surface area contributed by atoms with Crippen LogP contribution in [0.1, 0.15) is 11.3 Å². The monoisotopic (exact) mass is 202 g/mol. The molecule has 0 spiro atoms. The van der Waals surface area contributed by atoms with Crippen LogP contribution in [0.2, 0.25) is 0 Å². The van der Waals surface area contributed by atoms with E-state index in [1.165, 1.54) is 0 Å². The highest BCUT2D eigenvalue weighted by Crippen LogP contribution is 2.16. The maximum Gasteiger partial charge on any atom is 0.309 e. The maximum atomic E-state index is 10.6. The molecular weight excluding hydrogens is 192 g/mol. The first kappa shape index (κ1) is 9.58. The van der Waals surface area contributed by atoms with Crippen molar-refractivity contribution in [3.63, 3.8) is 0 Å². The van der Waals surface area contributed by atoms with E-state index in [9.17, 15) is 4.79 Å². The molecule has 0 unspecified atom stereocenters. The lowest BCUT2D eigenvalue weighted by molar-refractivity contribution is -0.136. The van der Waals surface area contributed by atoms with Crippen LogP contribution >= 0.6 is 0 Å². The summed E-state index contributed by atoms with van der Waals surface area (Å²) < 4.78 is 0. The van der Waals surface area contributed by atoms with E-state index < -0.39 is 5.97 Å². The number of hydrogen-bond acceptors (Lipinski definition) is 3. The molecule has 15 heavy (non-hydrogen) atoms. The number of nitrogens with zero attached hydrogens (tertiary/aromatic N) is 2. The van der Waals surface area contributed by atoms with E-state index >= 15 is 0 Å². The third-order valence-electron chi connectivity index (χ3n) is 2.15. The number of carboxylic acids is 1. The summed E-state index contributed by atoms with van der Waals surface area (Å²) in [7, 11) is 0. The number of carbonyl (C=O) groups is 1. The van der Waals surface area contributed by atoms with E-state index in [1.807, 2.05) is 13.0 Å². The molecular formula is C11H10N2O2. The molecule has 0 radical (unpaired) electrons. The van der Waals surface area contributed by atoms with Crippen molar-refractivity contribution >= 4 is 16.9 Å². The number of aliphatic carboxylic acids is 1. The van der Waals surface area contributed by atoms with E-state index in [2.05, 4.69) is 9.97 Å². The van der Waals surface area contributed by atoms with Gasteiger partial charge in [-0.1, -0.05) is 0 Å². The largest absolute Gasteiger partial charge is 0.481 e. The second-order valence-electron chi connectivity index (χ2n) is 3.41. The van der Waals surface area contributed by atoms with Crippen LogP contribution in [-0.4, -0.2) is 21.0 Å². The zero-order chi connectivity index (χ0) is 10.8. The standard InChI is InChI=1S/C11H10N2O2/c1-7-4-8-9(13-6-7)2-3-12-10(8)5-11(14)15/h2-4,6H,5H2,1H3,(H,14,15). The molecule has 0 aliphatic carbocycles. The Kier molecular flexibility index (Phi) is 2.33. The van der Waals surface area contributed by atoms with Crippen LogP contribution in [0.3, 0.4) is 0 Å². The van der Waals surface area contributed by atoms with E-state index in [4.69, 9.17) is 5.11 Å². The van der Waals surface area contributed by atoms with Crippen molar-refractivity contribution in [2.75, 3.05) is 0 Å².